The Kier molecular flexibility index (Phi) is 11.2. The molecule has 4 unspecified atom stereocenters. The van der Waals surface area contributed by atoms with E-state index in [4.69, 9.17) is 16.6 Å². The van der Waals surface area contributed by atoms with E-state index in [1.165, 1.54) is 6.92 Å². The van der Waals surface area contributed by atoms with Crippen molar-refractivity contribution in [3.8, 4) is 0 Å². The average molecular weight is 420 g/mol. The molecule has 12 heteroatoms. The molecule has 28 heavy (non-hydrogen) atoms. The van der Waals surface area contributed by atoms with Gasteiger partial charge in [-0.2, -0.15) is 12.6 Å². The second-order valence-electron chi connectivity index (χ2n) is 6.65. The number of carboxylic acids is 1. The number of primary amides is 1. The van der Waals surface area contributed by atoms with Crippen molar-refractivity contribution in [1.82, 2.24) is 16.0 Å². The summed E-state index contributed by atoms with van der Waals surface area (Å²) in [5.41, 5.74) is 10.8. The highest BCUT2D eigenvalue weighted by molar-refractivity contribution is 7.80. The van der Waals surface area contributed by atoms with Crippen LogP contribution in [0.1, 0.15) is 33.6 Å². The van der Waals surface area contributed by atoms with Crippen molar-refractivity contribution in [2.75, 3.05) is 5.75 Å². The molecule has 0 spiro atoms. The fourth-order valence-corrected chi connectivity index (χ4v) is 2.23. The lowest BCUT2D eigenvalue weighted by atomic mass is 10.0. The van der Waals surface area contributed by atoms with Crippen LogP contribution in [0.4, 0.5) is 0 Å². The highest BCUT2D eigenvalue weighted by Gasteiger charge is 2.29. The van der Waals surface area contributed by atoms with Crippen LogP contribution in [0.5, 0.6) is 0 Å². The molecule has 160 valence electrons. The van der Waals surface area contributed by atoms with Gasteiger partial charge in [-0.25, -0.2) is 0 Å². The number of carbonyl (C=O) groups is 5. The third-order valence-electron chi connectivity index (χ3n) is 3.88. The van der Waals surface area contributed by atoms with E-state index in [0.717, 1.165) is 0 Å². The second kappa shape index (κ2) is 12.2. The summed E-state index contributed by atoms with van der Waals surface area (Å²) < 4.78 is 0. The van der Waals surface area contributed by atoms with E-state index < -0.39 is 53.8 Å². The summed E-state index contributed by atoms with van der Waals surface area (Å²) in [7, 11) is 0. The Morgan fingerprint density at radius 3 is 1.86 bits per heavy atom. The number of carbonyl (C=O) groups excluding carboxylic acids is 4. The van der Waals surface area contributed by atoms with Crippen molar-refractivity contribution in [3.05, 3.63) is 0 Å². The lowest BCUT2D eigenvalue weighted by Crippen LogP contribution is -2.58. The standard InChI is InChI=1S/C16H29N5O6S/c1-7(2)12(18)15(25)21-10(6-28)14(24)20-9(4-5-11(17)22)13(23)19-8(3)16(26)27/h7-10,12,28H,4-6,18H2,1-3H3,(H2,17,22)(H,19,23)(H,20,24)(H,21,25)(H,26,27). The zero-order chi connectivity index (χ0) is 22.0. The molecule has 4 atom stereocenters. The van der Waals surface area contributed by atoms with Crippen molar-refractivity contribution in [2.24, 2.45) is 17.4 Å². The molecule has 0 saturated heterocycles. The van der Waals surface area contributed by atoms with E-state index >= 15 is 0 Å². The second-order valence-corrected chi connectivity index (χ2v) is 7.01. The van der Waals surface area contributed by atoms with Crippen molar-refractivity contribution in [1.29, 1.82) is 0 Å². The number of aliphatic carboxylic acids is 1. The Balaban J connectivity index is 5.16. The number of hydrogen-bond donors (Lipinski definition) is 7. The average Bonchev–Trinajstić information content (AvgIpc) is 2.61. The molecule has 0 aromatic heterocycles. The minimum Gasteiger partial charge on any atom is -0.480 e. The van der Waals surface area contributed by atoms with E-state index in [0.29, 0.717) is 0 Å². The first-order chi connectivity index (χ1) is 12.9. The maximum absolute atomic E-state index is 12.5. The van der Waals surface area contributed by atoms with Gasteiger partial charge in [0, 0.05) is 12.2 Å². The normalized spacial score (nSPS) is 15.1. The molecule has 0 heterocycles. The van der Waals surface area contributed by atoms with Gasteiger partial charge in [-0.1, -0.05) is 13.8 Å². The summed E-state index contributed by atoms with van der Waals surface area (Å²) in [5.74, 6) is -4.27. The van der Waals surface area contributed by atoms with Gasteiger partial charge in [-0.15, -0.1) is 0 Å². The van der Waals surface area contributed by atoms with E-state index in [1.807, 2.05) is 0 Å². The predicted molar refractivity (Wildman–Crippen MR) is 104 cm³/mol. The van der Waals surface area contributed by atoms with Gasteiger partial charge in [-0.3, -0.25) is 24.0 Å². The summed E-state index contributed by atoms with van der Waals surface area (Å²) >= 11 is 4.02. The van der Waals surface area contributed by atoms with Crippen molar-refractivity contribution in [2.45, 2.75) is 57.8 Å². The SMILES string of the molecule is CC(NC(=O)C(CCC(N)=O)NC(=O)C(CS)NC(=O)C(N)C(C)C)C(=O)O. The minimum atomic E-state index is -1.27. The van der Waals surface area contributed by atoms with Gasteiger partial charge in [-0.05, 0) is 19.3 Å². The quantitative estimate of drug-likeness (QED) is 0.173. The van der Waals surface area contributed by atoms with E-state index in [1.54, 1.807) is 13.8 Å². The molecule has 0 rings (SSSR count). The number of amides is 4. The van der Waals surface area contributed by atoms with Crippen LogP contribution < -0.4 is 27.4 Å². The number of nitrogens with two attached hydrogens (primary N) is 2. The molecular formula is C16H29N5O6S. The largest absolute Gasteiger partial charge is 0.480 e. The van der Waals surface area contributed by atoms with Crippen LogP contribution in [0, 0.1) is 5.92 Å². The van der Waals surface area contributed by atoms with Crippen molar-refractivity contribution < 1.29 is 29.1 Å². The molecule has 8 N–H and O–H groups in total. The zero-order valence-electron chi connectivity index (χ0n) is 16.1. The van der Waals surface area contributed by atoms with Gasteiger partial charge in [0.1, 0.15) is 18.1 Å². The van der Waals surface area contributed by atoms with Crippen LogP contribution in [0.15, 0.2) is 0 Å². The lowest BCUT2D eigenvalue weighted by molar-refractivity contribution is -0.142. The fraction of sp³-hybridized carbons (Fsp3) is 0.688. The Labute approximate surface area is 168 Å². The van der Waals surface area contributed by atoms with E-state index in [9.17, 15) is 24.0 Å². The van der Waals surface area contributed by atoms with Crippen LogP contribution >= 0.6 is 12.6 Å². The number of hydrogen-bond acceptors (Lipinski definition) is 7. The zero-order valence-corrected chi connectivity index (χ0v) is 17.0. The summed E-state index contributed by atoms with van der Waals surface area (Å²) in [5, 5.41) is 15.9. The topological polar surface area (TPSA) is 194 Å². The molecule has 0 radical (unpaired) electrons. The molecule has 0 fully saturated rings. The summed E-state index contributed by atoms with van der Waals surface area (Å²) in [6, 6.07) is -4.34. The molecule has 11 nitrogen and oxygen atoms in total. The smallest absolute Gasteiger partial charge is 0.325 e. The number of rotatable bonds is 12. The summed E-state index contributed by atoms with van der Waals surface area (Å²) in [6.07, 6.45) is -0.353. The van der Waals surface area contributed by atoms with Crippen LogP contribution in [-0.4, -0.2) is 64.6 Å². The van der Waals surface area contributed by atoms with Gasteiger partial charge in [0.2, 0.25) is 23.6 Å². The van der Waals surface area contributed by atoms with Crippen molar-refractivity contribution >= 4 is 42.2 Å². The Hall–Kier alpha value is -2.34. The first kappa shape index (κ1) is 25.7. The monoisotopic (exact) mass is 419 g/mol. The number of carboxylic acid groups (broad SMARTS) is 1. The van der Waals surface area contributed by atoms with Crippen LogP contribution in [0.3, 0.4) is 0 Å². The molecule has 0 aliphatic carbocycles. The summed E-state index contributed by atoms with van der Waals surface area (Å²) in [6.45, 7) is 4.74. The van der Waals surface area contributed by atoms with E-state index in [-0.39, 0.29) is 24.5 Å². The number of thiol groups is 1. The molecule has 4 amide bonds. The van der Waals surface area contributed by atoms with Crippen LogP contribution in [0.2, 0.25) is 0 Å². The van der Waals surface area contributed by atoms with E-state index in [2.05, 4.69) is 28.6 Å². The molecule has 0 bridgehead atoms. The molecule has 0 aromatic rings. The molecular weight excluding hydrogens is 390 g/mol. The van der Waals surface area contributed by atoms with Crippen molar-refractivity contribution in [3.63, 3.8) is 0 Å². The lowest BCUT2D eigenvalue weighted by Gasteiger charge is -2.24. The van der Waals surface area contributed by atoms with Gasteiger partial charge in [0.05, 0.1) is 6.04 Å². The molecule has 0 aliphatic heterocycles. The van der Waals surface area contributed by atoms with Gasteiger partial charge in [0.15, 0.2) is 0 Å². The maximum Gasteiger partial charge on any atom is 0.325 e. The third-order valence-corrected chi connectivity index (χ3v) is 4.24. The van der Waals surface area contributed by atoms with Gasteiger partial charge in [0.25, 0.3) is 0 Å². The molecule has 0 aromatic carbocycles. The number of nitrogens with one attached hydrogen (secondary N) is 3. The maximum atomic E-state index is 12.5. The Morgan fingerprint density at radius 2 is 1.43 bits per heavy atom. The molecule has 0 aliphatic rings. The summed E-state index contributed by atoms with van der Waals surface area (Å²) in [4.78, 5) is 58.7. The van der Waals surface area contributed by atoms with Gasteiger partial charge >= 0.3 is 5.97 Å². The predicted octanol–water partition coefficient (Wildman–Crippen LogP) is -2.28. The van der Waals surface area contributed by atoms with Crippen LogP contribution in [-0.2, 0) is 24.0 Å². The highest BCUT2D eigenvalue weighted by Crippen LogP contribution is 2.03. The first-order valence-corrected chi connectivity index (χ1v) is 9.32. The Morgan fingerprint density at radius 1 is 0.929 bits per heavy atom. The first-order valence-electron chi connectivity index (χ1n) is 8.69. The van der Waals surface area contributed by atoms with Gasteiger partial charge < -0.3 is 32.5 Å². The molecule has 0 saturated carbocycles. The van der Waals surface area contributed by atoms with Crippen LogP contribution in [0.25, 0.3) is 0 Å². The highest BCUT2D eigenvalue weighted by atomic mass is 32.1. The minimum absolute atomic E-state index is 0.0714. The fourth-order valence-electron chi connectivity index (χ4n) is 1.97. The third kappa shape index (κ3) is 9.04. The Bertz CT molecular complexity index is 600.